The highest BCUT2D eigenvalue weighted by atomic mass is 32.2. The molecule has 1 fully saturated rings. The molecule has 0 unspecified atom stereocenters. The van der Waals surface area contributed by atoms with Gasteiger partial charge in [0, 0.05) is 25.3 Å². The Bertz CT molecular complexity index is 801. The Balaban J connectivity index is 1.79. The van der Waals surface area contributed by atoms with Crippen LogP contribution in [0.4, 0.5) is 4.39 Å². The number of aromatic nitrogens is 2. The van der Waals surface area contributed by atoms with Gasteiger partial charge < -0.3 is 4.57 Å². The van der Waals surface area contributed by atoms with E-state index >= 15 is 0 Å². The molecule has 1 atom stereocenters. The van der Waals surface area contributed by atoms with Crippen molar-refractivity contribution < 1.29 is 12.8 Å². The van der Waals surface area contributed by atoms with Gasteiger partial charge in [-0.3, -0.25) is 0 Å². The molecule has 0 spiro atoms. The van der Waals surface area contributed by atoms with Crippen molar-refractivity contribution in [3.05, 3.63) is 48.2 Å². The minimum atomic E-state index is -3.59. The molecule has 1 aromatic heterocycles. The Hall–Kier alpha value is -1.73. The third-order valence-electron chi connectivity index (χ3n) is 4.25. The molecule has 7 heteroatoms. The van der Waals surface area contributed by atoms with Crippen molar-refractivity contribution in [2.45, 2.75) is 37.3 Å². The molecule has 23 heavy (non-hydrogen) atoms. The maximum Gasteiger partial charge on any atom is 0.262 e. The number of nitrogens with zero attached hydrogens (tertiary/aromatic N) is 3. The molecule has 0 N–H and O–H groups in total. The average Bonchev–Trinajstić information content (AvgIpc) is 3.17. The number of hydrogen-bond acceptors (Lipinski definition) is 3. The minimum Gasteiger partial charge on any atom is -0.334 e. The van der Waals surface area contributed by atoms with Gasteiger partial charge in [-0.05, 0) is 43.9 Å². The van der Waals surface area contributed by atoms with Gasteiger partial charge in [0.15, 0.2) is 5.03 Å². The molecule has 1 saturated heterocycles. The van der Waals surface area contributed by atoms with Gasteiger partial charge in [0.2, 0.25) is 0 Å². The van der Waals surface area contributed by atoms with Gasteiger partial charge in [0.25, 0.3) is 10.0 Å². The van der Waals surface area contributed by atoms with Crippen molar-refractivity contribution in [2.75, 3.05) is 13.1 Å². The molecule has 3 rings (SSSR count). The second-order valence-electron chi connectivity index (χ2n) is 6.16. The van der Waals surface area contributed by atoms with Crippen LogP contribution in [0, 0.1) is 5.82 Å². The van der Waals surface area contributed by atoms with E-state index in [0.29, 0.717) is 19.5 Å². The number of rotatable bonds is 4. The molecule has 2 aromatic rings. The Labute approximate surface area is 135 Å². The van der Waals surface area contributed by atoms with Crippen molar-refractivity contribution >= 4 is 10.0 Å². The molecule has 1 aromatic carbocycles. The van der Waals surface area contributed by atoms with E-state index in [2.05, 4.69) is 4.98 Å². The van der Waals surface area contributed by atoms with Crippen LogP contribution in [0.25, 0.3) is 0 Å². The predicted octanol–water partition coefficient (Wildman–Crippen LogP) is 2.78. The minimum absolute atomic E-state index is 0.0210. The first-order valence-corrected chi connectivity index (χ1v) is 9.11. The van der Waals surface area contributed by atoms with E-state index in [1.165, 1.54) is 22.8 Å². The highest BCUT2D eigenvalue weighted by molar-refractivity contribution is 7.89. The second kappa shape index (κ2) is 6.05. The standard InChI is InChI=1S/C16H20FN3O2S/c1-12(2)19-10-16(18-11-19)23(21,22)20-7-6-14(9-20)13-4-3-5-15(17)8-13/h3-5,8,10-12,14H,6-7,9H2,1-2H3/t14-/m0/s1. The number of hydrogen-bond donors (Lipinski definition) is 0. The number of sulfonamides is 1. The van der Waals surface area contributed by atoms with Gasteiger partial charge >= 0.3 is 0 Å². The topological polar surface area (TPSA) is 55.2 Å². The molecule has 0 saturated carbocycles. The summed E-state index contributed by atoms with van der Waals surface area (Å²) in [4.78, 5) is 4.04. The molecular formula is C16H20FN3O2S. The predicted molar refractivity (Wildman–Crippen MR) is 85.1 cm³/mol. The normalized spacial score (nSPS) is 19.6. The zero-order valence-electron chi connectivity index (χ0n) is 13.2. The summed E-state index contributed by atoms with van der Waals surface area (Å²) < 4.78 is 41.9. The van der Waals surface area contributed by atoms with Crippen LogP contribution in [0.15, 0.2) is 41.8 Å². The van der Waals surface area contributed by atoms with Gasteiger partial charge in [-0.1, -0.05) is 12.1 Å². The van der Waals surface area contributed by atoms with E-state index in [-0.39, 0.29) is 22.8 Å². The first kappa shape index (κ1) is 16.1. The largest absolute Gasteiger partial charge is 0.334 e. The molecule has 1 aliphatic rings. The van der Waals surface area contributed by atoms with E-state index in [4.69, 9.17) is 0 Å². The molecule has 5 nitrogen and oxygen atoms in total. The Morgan fingerprint density at radius 3 is 2.78 bits per heavy atom. The zero-order chi connectivity index (χ0) is 16.6. The van der Waals surface area contributed by atoms with Crippen LogP contribution in [-0.2, 0) is 10.0 Å². The lowest BCUT2D eigenvalue weighted by Crippen LogP contribution is -2.29. The van der Waals surface area contributed by atoms with Gasteiger partial charge in [0.05, 0.1) is 6.33 Å². The van der Waals surface area contributed by atoms with Crippen molar-refractivity contribution in [1.29, 1.82) is 0 Å². The molecule has 0 radical (unpaired) electrons. The first-order valence-electron chi connectivity index (χ1n) is 7.67. The van der Waals surface area contributed by atoms with Gasteiger partial charge in [-0.2, -0.15) is 4.31 Å². The molecule has 1 aliphatic heterocycles. The van der Waals surface area contributed by atoms with Crippen molar-refractivity contribution in [1.82, 2.24) is 13.9 Å². The molecular weight excluding hydrogens is 317 g/mol. The SMILES string of the molecule is CC(C)n1cnc(S(=O)(=O)N2CC[C@H](c3cccc(F)c3)C2)c1. The zero-order valence-corrected chi connectivity index (χ0v) is 14.0. The van der Waals surface area contributed by atoms with E-state index < -0.39 is 10.0 Å². The summed E-state index contributed by atoms with van der Waals surface area (Å²) >= 11 is 0. The Morgan fingerprint density at radius 1 is 1.35 bits per heavy atom. The van der Waals surface area contributed by atoms with Gasteiger partial charge in [-0.15, -0.1) is 0 Å². The summed E-state index contributed by atoms with van der Waals surface area (Å²) in [5, 5.41) is 0.0751. The number of benzene rings is 1. The summed E-state index contributed by atoms with van der Waals surface area (Å²) in [7, 11) is -3.59. The fourth-order valence-electron chi connectivity index (χ4n) is 2.84. The van der Waals surface area contributed by atoms with Crippen molar-refractivity contribution in [2.24, 2.45) is 0 Å². The fraction of sp³-hybridized carbons (Fsp3) is 0.438. The van der Waals surface area contributed by atoms with Crippen LogP contribution in [0.1, 0.15) is 37.8 Å². The van der Waals surface area contributed by atoms with Gasteiger partial charge in [-0.25, -0.2) is 17.8 Å². The summed E-state index contributed by atoms with van der Waals surface area (Å²) in [6.45, 7) is 4.72. The highest BCUT2D eigenvalue weighted by Crippen LogP contribution is 2.31. The van der Waals surface area contributed by atoms with Crippen LogP contribution >= 0.6 is 0 Å². The van der Waals surface area contributed by atoms with Crippen LogP contribution in [0.2, 0.25) is 0 Å². The summed E-state index contributed by atoms with van der Waals surface area (Å²) in [6, 6.07) is 6.54. The lowest BCUT2D eigenvalue weighted by Gasteiger charge is -2.15. The Kier molecular flexibility index (Phi) is 4.25. The van der Waals surface area contributed by atoms with E-state index in [9.17, 15) is 12.8 Å². The van der Waals surface area contributed by atoms with Crippen LogP contribution in [-0.4, -0.2) is 35.4 Å². The monoisotopic (exact) mass is 337 g/mol. The third kappa shape index (κ3) is 3.16. The fourth-order valence-corrected chi connectivity index (χ4v) is 4.27. The Morgan fingerprint density at radius 2 is 2.13 bits per heavy atom. The van der Waals surface area contributed by atoms with Crippen molar-refractivity contribution in [3.8, 4) is 0 Å². The molecule has 0 bridgehead atoms. The quantitative estimate of drug-likeness (QED) is 0.862. The molecule has 124 valence electrons. The van der Waals surface area contributed by atoms with Crippen LogP contribution < -0.4 is 0 Å². The smallest absolute Gasteiger partial charge is 0.262 e. The number of halogens is 1. The summed E-state index contributed by atoms with van der Waals surface area (Å²) in [6.07, 6.45) is 3.79. The lowest BCUT2D eigenvalue weighted by molar-refractivity contribution is 0.470. The first-order chi connectivity index (χ1) is 10.9. The summed E-state index contributed by atoms with van der Waals surface area (Å²) in [5.74, 6) is -0.271. The second-order valence-corrected chi connectivity index (χ2v) is 8.04. The molecule has 0 amide bonds. The number of imidazole rings is 1. The third-order valence-corrected chi connectivity index (χ3v) is 6.00. The maximum absolute atomic E-state index is 13.4. The summed E-state index contributed by atoms with van der Waals surface area (Å²) in [5.41, 5.74) is 0.843. The highest BCUT2D eigenvalue weighted by Gasteiger charge is 2.34. The maximum atomic E-state index is 13.4. The van der Waals surface area contributed by atoms with E-state index in [0.717, 1.165) is 5.56 Å². The molecule has 2 heterocycles. The van der Waals surface area contributed by atoms with E-state index in [1.807, 2.05) is 19.9 Å². The van der Waals surface area contributed by atoms with Gasteiger partial charge in [0.1, 0.15) is 5.82 Å². The van der Waals surface area contributed by atoms with Crippen LogP contribution in [0.5, 0.6) is 0 Å². The lowest BCUT2D eigenvalue weighted by atomic mass is 9.99. The molecule has 0 aliphatic carbocycles. The van der Waals surface area contributed by atoms with Crippen LogP contribution in [0.3, 0.4) is 0 Å². The average molecular weight is 337 g/mol. The van der Waals surface area contributed by atoms with Crippen molar-refractivity contribution in [3.63, 3.8) is 0 Å². The van der Waals surface area contributed by atoms with E-state index in [1.54, 1.807) is 16.8 Å².